The Hall–Kier alpha value is -2.68. The second kappa shape index (κ2) is 5.75. The first kappa shape index (κ1) is 16.2. The van der Waals surface area contributed by atoms with Crippen LogP contribution in [0.1, 0.15) is 22.3 Å². The SMILES string of the molecule is Cc1ccc(N(C)c2c(-c3cc(C)c(C)cc3C)c(=O)c2=O)cc1. The van der Waals surface area contributed by atoms with Crippen LogP contribution in [-0.2, 0) is 0 Å². The van der Waals surface area contributed by atoms with E-state index in [2.05, 4.69) is 6.07 Å². The minimum absolute atomic E-state index is 0.393. The molecule has 0 atom stereocenters. The lowest BCUT2D eigenvalue weighted by atomic mass is 9.91. The van der Waals surface area contributed by atoms with Gasteiger partial charge >= 0.3 is 0 Å². The summed E-state index contributed by atoms with van der Waals surface area (Å²) in [5.74, 6) is 0. The van der Waals surface area contributed by atoms with E-state index in [0.717, 1.165) is 27.9 Å². The van der Waals surface area contributed by atoms with Gasteiger partial charge in [0.1, 0.15) is 5.69 Å². The average molecular weight is 319 g/mol. The van der Waals surface area contributed by atoms with Gasteiger partial charge in [-0.15, -0.1) is 0 Å². The number of benzene rings is 2. The summed E-state index contributed by atoms with van der Waals surface area (Å²) in [4.78, 5) is 26.3. The van der Waals surface area contributed by atoms with Crippen molar-refractivity contribution >= 4 is 11.4 Å². The van der Waals surface area contributed by atoms with Gasteiger partial charge in [0.15, 0.2) is 0 Å². The van der Waals surface area contributed by atoms with Crippen molar-refractivity contribution in [2.24, 2.45) is 0 Å². The Balaban J connectivity index is 2.15. The third kappa shape index (κ3) is 2.46. The van der Waals surface area contributed by atoms with Gasteiger partial charge in [0.05, 0.1) is 5.56 Å². The van der Waals surface area contributed by atoms with Crippen LogP contribution in [0.3, 0.4) is 0 Å². The Morgan fingerprint density at radius 2 is 1.33 bits per heavy atom. The predicted octanol–water partition coefficient (Wildman–Crippen LogP) is 3.95. The van der Waals surface area contributed by atoms with E-state index in [9.17, 15) is 9.59 Å². The van der Waals surface area contributed by atoms with Crippen molar-refractivity contribution in [2.75, 3.05) is 11.9 Å². The molecule has 122 valence electrons. The van der Waals surface area contributed by atoms with E-state index in [1.54, 1.807) is 0 Å². The first-order valence-corrected chi connectivity index (χ1v) is 8.03. The lowest BCUT2D eigenvalue weighted by Gasteiger charge is -2.24. The van der Waals surface area contributed by atoms with Gasteiger partial charge in [0.25, 0.3) is 5.43 Å². The van der Waals surface area contributed by atoms with Gasteiger partial charge in [-0.25, -0.2) is 0 Å². The molecular weight excluding hydrogens is 298 g/mol. The summed E-state index contributed by atoms with van der Waals surface area (Å²) in [5.41, 5.74) is 6.44. The zero-order valence-corrected chi connectivity index (χ0v) is 14.7. The normalized spacial score (nSPS) is 11.0. The van der Waals surface area contributed by atoms with E-state index in [1.165, 1.54) is 5.56 Å². The smallest absolute Gasteiger partial charge is 0.250 e. The third-order valence-corrected chi connectivity index (χ3v) is 4.75. The fourth-order valence-corrected chi connectivity index (χ4v) is 3.08. The van der Waals surface area contributed by atoms with Gasteiger partial charge in [-0.2, -0.15) is 0 Å². The monoisotopic (exact) mass is 319 g/mol. The van der Waals surface area contributed by atoms with Crippen molar-refractivity contribution in [3.63, 3.8) is 0 Å². The molecule has 0 aromatic heterocycles. The molecule has 0 heterocycles. The molecule has 3 nitrogen and oxygen atoms in total. The Morgan fingerprint density at radius 1 is 0.750 bits per heavy atom. The van der Waals surface area contributed by atoms with Crippen molar-refractivity contribution < 1.29 is 0 Å². The molecule has 0 saturated carbocycles. The third-order valence-electron chi connectivity index (χ3n) is 4.75. The van der Waals surface area contributed by atoms with Crippen LogP contribution in [0.5, 0.6) is 0 Å². The largest absolute Gasteiger partial charge is 0.341 e. The molecule has 3 aromatic carbocycles. The molecule has 3 aromatic rings. The van der Waals surface area contributed by atoms with Gasteiger partial charge in [0.2, 0.25) is 5.43 Å². The number of hydrogen-bond donors (Lipinski definition) is 0. The molecule has 0 spiro atoms. The van der Waals surface area contributed by atoms with Gasteiger partial charge in [-0.3, -0.25) is 9.59 Å². The molecule has 0 bridgehead atoms. The van der Waals surface area contributed by atoms with Crippen molar-refractivity contribution in [2.45, 2.75) is 27.7 Å². The number of anilines is 2. The Labute approximate surface area is 141 Å². The number of aryl methyl sites for hydroxylation is 4. The van der Waals surface area contributed by atoms with E-state index in [1.807, 2.05) is 70.0 Å². The second-order valence-corrected chi connectivity index (χ2v) is 6.53. The van der Waals surface area contributed by atoms with Crippen LogP contribution in [0.2, 0.25) is 0 Å². The van der Waals surface area contributed by atoms with Gasteiger partial charge in [-0.05, 0) is 62.1 Å². The molecule has 0 unspecified atom stereocenters. The highest BCUT2D eigenvalue weighted by Crippen LogP contribution is 2.33. The van der Waals surface area contributed by atoms with Crippen LogP contribution >= 0.6 is 0 Å². The highest BCUT2D eigenvalue weighted by Gasteiger charge is 2.27. The minimum atomic E-state index is -0.411. The highest BCUT2D eigenvalue weighted by molar-refractivity contribution is 5.87. The molecule has 0 amide bonds. The molecule has 3 rings (SSSR count). The van der Waals surface area contributed by atoms with Crippen LogP contribution in [-0.4, -0.2) is 7.05 Å². The van der Waals surface area contributed by atoms with Crippen LogP contribution in [0.15, 0.2) is 46.0 Å². The summed E-state index contributed by atoms with van der Waals surface area (Å²) < 4.78 is 0. The maximum absolute atomic E-state index is 12.3. The summed E-state index contributed by atoms with van der Waals surface area (Å²) >= 11 is 0. The quantitative estimate of drug-likeness (QED) is 0.686. The van der Waals surface area contributed by atoms with Crippen molar-refractivity contribution in [1.82, 2.24) is 0 Å². The van der Waals surface area contributed by atoms with Crippen LogP contribution in [0.25, 0.3) is 11.1 Å². The Morgan fingerprint density at radius 3 is 1.96 bits per heavy atom. The van der Waals surface area contributed by atoms with Crippen LogP contribution in [0.4, 0.5) is 11.4 Å². The highest BCUT2D eigenvalue weighted by atomic mass is 16.2. The summed E-state index contributed by atoms with van der Waals surface area (Å²) in [5, 5.41) is 0. The van der Waals surface area contributed by atoms with Crippen LogP contribution in [0, 0.1) is 27.7 Å². The van der Waals surface area contributed by atoms with E-state index in [0.29, 0.717) is 11.3 Å². The molecule has 0 fully saturated rings. The molecule has 3 heteroatoms. The average Bonchev–Trinajstić information content (AvgIpc) is 2.55. The summed E-state index contributed by atoms with van der Waals surface area (Å²) in [7, 11) is 1.83. The van der Waals surface area contributed by atoms with Crippen molar-refractivity contribution in [3.8, 4) is 11.1 Å². The lowest BCUT2D eigenvalue weighted by molar-refractivity contribution is 1.15. The molecule has 0 aliphatic heterocycles. The molecule has 0 saturated heterocycles. The fraction of sp³-hybridized carbons (Fsp3) is 0.238. The molecular formula is C21H21NO2. The second-order valence-electron chi connectivity index (χ2n) is 6.53. The van der Waals surface area contributed by atoms with Crippen molar-refractivity contribution in [3.05, 3.63) is 79.1 Å². The first-order chi connectivity index (χ1) is 11.3. The maximum Gasteiger partial charge on any atom is 0.250 e. The van der Waals surface area contributed by atoms with Gasteiger partial charge in [-0.1, -0.05) is 29.8 Å². The fourth-order valence-electron chi connectivity index (χ4n) is 3.08. The maximum atomic E-state index is 12.3. The predicted molar refractivity (Wildman–Crippen MR) is 100 cm³/mol. The molecule has 0 radical (unpaired) electrons. The standard InChI is InChI=1S/C21H21NO2/c1-12-6-8-16(9-7-12)22(5)19-18(20(23)21(19)24)17-11-14(3)13(2)10-15(17)4/h6-11H,1-5H3. The number of hydrogen-bond acceptors (Lipinski definition) is 3. The molecule has 0 N–H and O–H groups in total. The number of rotatable bonds is 3. The van der Waals surface area contributed by atoms with E-state index in [-0.39, 0.29) is 0 Å². The van der Waals surface area contributed by atoms with Gasteiger partial charge in [0, 0.05) is 12.7 Å². The van der Waals surface area contributed by atoms with Gasteiger partial charge < -0.3 is 4.90 Å². The van der Waals surface area contributed by atoms with Crippen LogP contribution < -0.4 is 15.8 Å². The van der Waals surface area contributed by atoms with E-state index < -0.39 is 10.9 Å². The Kier molecular flexibility index (Phi) is 3.88. The summed E-state index contributed by atoms with van der Waals surface area (Å²) in [6.07, 6.45) is 0. The lowest BCUT2D eigenvalue weighted by Crippen LogP contribution is -2.39. The number of nitrogens with zero attached hydrogens (tertiary/aromatic N) is 1. The van der Waals surface area contributed by atoms with Crippen molar-refractivity contribution in [1.29, 1.82) is 0 Å². The zero-order valence-electron chi connectivity index (χ0n) is 14.7. The minimum Gasteiger partial charge on any atom is -0.341 e. The Bertz CT molecular complexity index is 990. The van der Waals surface area contributed by atoms with E-state index >= 15 is 0 Å². The topological polar surface area (TPSA) is 37.4 Å². The van der Waals surface area contributed by atoms with E-state index in [4.69, 9.17) is 0 Å². The zero-order chi connectivity index (χ0) is 17.6. The summed E-state index contributed by atoms with van der Waals surface area (Å²) in [6, 6.07) is 12.0. The molecule has 24 heavy (non-hydrogen) atoms. The summed E-state index contributed by atoms with van der Waals surface area (Å²) in [6.45, 7) is 8.07. The molecule has 0 aliphatic carbocycles. The molecule has 0 aliphatic rings. The first-order valence-electron chi connectivity index (χ1n) is 8.03.